The van der Waals surface area contributed by atoms with E-state index in [2.05, 4.69) is 42.1 Å². The quantitative estimate of drug-likeness (QED) is 0.595. The highest BCUT2D eigenvalue weighted by Crippen LogP contribution is 2.10. The minimum atomic E-state index is 0.0475. The molecule has 0 atom stereocenters. The molecule has 0 saturated carbocycles. The van der Waals surface area contributed by atoms with Crippen molar-refractivity contribution in [2.24, 2.45) is 0 Å². The monoisotopic (exact) mass is 341 g/mol. The van der Waals surface area contributed by atoms with Crippen molar-refractivity contribution in [1.29, 1.82) is 0 Å². The molecule has 0 spiro atoms. The number of aromatic nitrogens is 3. The Morgan fingerprint density at radius 3 is 2.20 bits per heavy atom. The Labute approximate surface area is 105 Å². The van der Waals surface area contributed by atoms with Gasteiger partial charge in [0.2, 0.25) is 0 Å². The molecular formula is C8H13Br2N3O2. The number of rotatable bonds is 7. The normalized spacial score (nSPS) is 10.9. The first kappa shape index (κ1) is 13.1. The Hall–Kier alpha value is 0.0200. The zero-order valence-electron chi connectivity index (χ0n) is 8.20. The lowest BCUT2D eigenvalue weighted by Crippen LogP contribution is -2.11. The standard InChI is InChI=1S/C8H13Br2N3O2/c9-5-7-8(6-10)12-13(11-7)1-3-15-4-2-14/h14H,1-6H2. The number of hydrogen-bond acceptors (Lipinski definition) is 4. The first-order chi connectivity index (χ1) is 7.31. The summed E-state index contributed by atoms with van der Waals surface area (Å²) < 4.78 is 5.13. The molecule has 1 heterocycles. The summed E-state index contributed by atoms with van der Waals surface area (Å²) >= 11 is 6.71. The first-order valence-electron chi connectivity index (χ1n) is 4.55. The third-order valence-corrected chi connectivity index (χ3v) is 2.79. The highest BCUT2D eigenvalue weighted by Gasteiger charge is 2.07. The Balaban J connectivity index is 2.43. The number of halogens is 2. The second kappa shape index (κ2) is 7.32. The molecule has 0 unspecified atom stereocenters. The highest BCUT2D eigenvalue weighted by atomic mass is 79.9. The summed E-state index contributed by atoms with van der Waals surface area (Å²) in [4.78, 5) is 1.62. The van der Waals surface area contributed by atoms with E-state index in [1.165, 1.54) is 0 Å². The molecule has 5 nitrogen and oxygen atoms in total. The van der Waals surface area contributed by atoms with Crippen molar-refractivity contribution in [1.82, 2.24) is 15.0 Å². The summed E-state index contributed by atoms with van der Waals surface area (Å²) in [6.07, 6.45) is 0. The summed E-state index contributed by atoms with van der Waals surface area (Å²) in [5.74, 6) is 0. The summed E-state index contributed by atoms with van der Waals surface area (Å²) in [5, 5.41) is 18.5. The molecule has 1 aromatic rings. The highest BCUT2D eigenvalue weighted by molar-refractivity contribution is 9.09. The van der Waals surface area contributed by atoms with E-state index >= 15 is 0 Å². The summed E-state index contributed by atoms with van der Waals surface area (Å²) in [6.45, 7) is 1.52. The summed E-state index contributed by atoms with van der Waals surface area (Å²) in [6, 6.07) is 0. The number of ether oxygens (including phenoxy) is 1. The van der Waals surface area contributed by atoms with E-state index in [4.69, 9.17) is 9.84 Å². The summed E-state index contributed by atoms with van der Waals surface area (Å²) in [5.41, 5.74) is 1.88. The number of aliphatic hydroxyl groups excluding tert-OH is 1. The molecule has 0 aliphatic heterocycles. The van der Waals surface area contributed by atoms with Crippen LogP contribution >= 0.6 is 31.9 Å². The van der Waals surface area contributed by atoms with Crippen LogP contribution in [0.2, 0.25) is 0 Å². The lowest BCUT2D eigenvalue weighted by molar-refractivity contribution is 0.0833. The van der Waals surface area contributed by atoms with Crippen LogP contribution in [-0.2, 0) is 21.9 Å². The Kier molecular flexibility index (Phi) is 6.39. The fourth-order valence-electron chi connectivity index (χ4n) is 1.04. The fourth-order valence-corrected chi connectivity index (χ4v) is 1.91. The van der Waals surface area contributed by atoms with Crippen molar-refractivity contribution in [3.8, 4) is 0 Å². The topological polar surface area (TPSA) is 60.2 Å². The van der Waals surface area contributed by atoms with E-state index in [0.29, 0.717) is 30.4 Å². The van der Waals surface area contributed by atoms with Gasteiger partial charge in [-0.25, -0.2) is 0 Å². The number of alkyl halides is 2. The van der Waals surface area contributed by atoms with E-state index in [0.717, 1.165) is 11.4 Å². The van der Waals surface area contributed by atoms with Crippen LogP contribution < -0.4 is 0 Å². The van der Waals surface area contributed by atoms with Gasteiger partial charge in [-0.15, -0.1) is 0 Å². The maximum absolute atomic E-state index is 8.51. The Morgan fingerprint density at radius 1 is 1.13 bits per heavy atom. The van der Waals surface area contributed by atoms with Crippen molar-refractivity contribution in [2.45, 2.75) is 17.2 Å². The lowest BCUT2D eigenvalue weighted by Gasteiger charge is -2.00. The zero-order valence-corrected chi connectivity index (χ0v) is 11.4. The van der Waals surface area contributed by atoms with Gasteiger partial charge < -0.3 is 9.84 Å². The van der Waals surface area contributed by atoms with Gasteiger partial charge in [-0.3, -0.25) is 0 Å². The predicted octanol–water partition coefficient (Wildman–Crippen LogP) is 1.08. The average Bonchev–Trinajstić information content (AvgIpc) is 2.67. The number of aliphatic hydroxyl groups is 1. The van der Waals surface area contributed by atoms with Crippen LogP contribution in [-0.4, -0.2) is 39.9 Å². The van der Waals surface area contributed by atoms with Crippen LogP contribution in [0, 0.1) is 0 Å². The van der Waals surface area contributed by atoms with Gasteiger partial charge in [-0.05, 0) is 0 Å². The minimum Gasteiger partial charge on any atom is -0.394 e. The molecule has 0 aliphatic carbocycles. The lowest BCUT2D eigenvalue weighted by atomic mass is 10.4. The second-order valence-electron chi connectivity index (χ2n) is 2.79. The van der Waals surface area contributed by atoms with Crippen LogP contribution in [0.15, 0.2) is 0 Å². The van der Waals surface area contributed by atoms with Gasteiger partial charge >= 0.3 is 0 Å². The van der Waals surface area contributed by atoms with Crippen LogP contribution in [0.3, 0.4) is 0 Å². The van der Waals surface area contributed by atoms with Crippen molar-refractivity contribution in [3.05, 3.63) is 11.4 Å². The van der Waals surface area contributed by atoms with Crippen molar-refractivity contribution >= 4 is 31.9 Å². The number of hydrogen-bond donors (Lipinski definition) is 1. The van der Waals surface area contributed by atoms with Gasteiger partial charge in [0.15, 0.2) is 0 Å². The fraction of sp³-hybridized carbons (Fsp3) is 0.750. The molecule has 0 bridgehead atoms. The third-order valence-electron chi connectivity index (χ3n) is 1.73. The SMILES string of the molecule is OCCOCCn1nc(CBr)c(CBr)n1. The molecule has 0 radical (unpaired) electrons. The van der Waals surface area contributed by atoms with Gasteiger partial charge in [-0.2, -0.15) is 15.0 Å². The van der Waals surface area contributed by atoms with Crippen LogP contribution in [0.4, 0.5) is 0 Å². The van der Waals surface area contributed by atoms with Crippen LogP contribution in [0.25, 0.3) is 0 Å². The molecule has 0 fully saturated rings. The molecule has 1 rings (SSSR count). The molecular weight excluding hydrogens is 330 g/mol. The van der Waals surface area contributed by atoms with E-state index < -0.39 is 0 Å². The molecule has 1 aromatic heterocycles. The summed E-state index contributed by atoms with van der Waals surface area (Å²) in [7, 11) is 0. The van der Waals surface area contributed by atoms with E-state index in [-0.39, 0.29) is 6.61 Å². The predicted molar refractivity (Wildman–Crippen MR) is 63.2 cm³/mol. The average molecular weight is 343 g/mol. The van der Waals surface area contributed by atoms with Crippen LogP contribution in [0.1, 0.15) is 11.4 Å². The molecule has 0 saturated heterocycles. The molecule has 15 heavy (non-hydrogen) atoms. The molecule has 0 aliphatic rings. The maximum Gasteiger partial charge on any atom is 0.0973 e. The maximum atomic E-state index is 8.51. The Bertz CT molecular complexity index is 272. The van der Waals surface area contributed by atoms with Crippen molar-refractivity contribution < 1.29 is 9.84 Å². The number of nitrogens with zero attached hydrogens (tertiary/aromatic N) is 3. The largest absolute Gasteiger partial charge is 0.394 e. The van der Waals surface area contributed by atoms with Gasteiger partial charge in [-0.1, -0.05) is 31.9 Å². The van der Waals surface area contributed by atoms with E-state index in [1.54, 1.807) is 4.80 Å². The van der Waals surface area contributed by atoms with Gasteiger partial charge in [0.1, 0.15) is 0 Å². The molecule has 7 heteroatoms. The Morgan fingerprint density at radius 2 is 1.73 bits per heavy atom. The van der Waals surface area contributed by atoms with E-state index in [9.17, 15) is 0 Å². The van der Waals surface area contributed by atoms with Crippen molar-refractivity contribution in [2.75, 3.05) is 19.8 Å². The second-order valence-corrected chi connectivity index (χ2v) is 3.91. The zero-order chi connectivity index (χ0) is 11.1. The molecule has 0 amide bonds. The van der Waals surface area contributed by atoms with Crippen molar-refractivity contribution in [3.63, 3.8) is 0 Å². The first-order valence-corrected chi connectivity index (χ1v) is 6.79. The third kappa shape index (κ3) is 4.18. The van der Waals surface area contributed by atoms with Gasteiger partial charge in [0.05, 0.1) is 37.8 Å². The molecule has 86 valence electrons. The van der Waals surface area contributed by atoms with Gasteiger partial charge in [0.25, 0.3) is 0 Å². The van der Waals surface area contributed by atoms with Crippen LogP contribution in [0.5, 0.6) is 0 Å². The smallest absolute Gasteiger partial charge is 0.0973 e. The van der Waals surface area contributed by atoms with Gasteiger partial charge in [0, 0.05) is 10.7 Å². The minimum absolute atomic E-state index is 0.0475. The molecule has 1 N–H and O–H groups in total. The van der Waals surface area contributed by atoms with E-state index in [1.807, 2.05) is 0 Å². The molecule has 0 aromatic carbocycles.